The van der Waals surface area contributed by atoms with E-state index in [2.05, 4.69) is 52.6 Å². The van der Waals surface area contributed by atoms with E-state index in [0.717, 1.165) is 13.0 Å². The van der Waals surface area contributed by atoms with E-state index in [-0.39, 0.29) is 0 Å². The average molecular weight is 279 g/mol. The topological polar surface area (TPSA) is 21.1 Å². The monoisotopic (exact) mass is 279 g/mol. The number of aryl methyl sites for hydroxylation is 1. The highest BCUT2D eigenvalue weighted by Crippen LogP contribution is 2.39. The molecule has 2 bridgehead atoms. The van der Waals surface area contributed by atoms with Crippen molar-refractivity contribution in [2.24, 2.45) is 7.05 Å². The predicted octanol–water partition coefficient (Wildman–Crippen LogP) is 3.24. The highest BCUT2D eigenvalue weighted by atomic mass is 15.2. The van der Waals surface area contributed by atoms with Crippen molar-refractivity contribution < 1.29 is 0 Å². The van der Waals surface area contributed by atoms with Crippen LogP contribution in [0.1, 0.15) is 30.4 Å². The van der Waals surface area contributed by atoms with E-state index in [9.17, 15) is 0 Å². The zero-order chi connectivity index (χ0) is 14.2. The summed E-state index contributed by atoms with van der Waals surface area (Å²) in [5, 5.41) is 4.31. The van der Waals surface area contributed by atoms with Gasteiger partial charge in [0.05, 0.1) is 6.20 Å². The molecule has 2 unspecified atom stereocenters. The Kier molecular flexibility index (Phi) is 3.15. The van der Waals surface area contributed by atoms with Gasteiger partial charge >= 0.3 is 0 Å². The summed E-state index contributed by atoms with van der Waals surface area (Å²) in [5.41, 5.74) is 4.21. The Hall–Kier alpha value is -1.87. The molecule has 1 saturated heterocycles. The molecule has 1 aromatic carbocycles. The molecule has 21 heavy (non-hydrogen) atoms. The second kappa shape index (κ2) is 5.15. The second-order valence-electron chi connectivity index (χ2n) is 6.26. The fraction of sp³-hybridized carbons (Fsp3) is 0.389. The van der Waals surface area contributed by atoms with E-state index in [0.29, 0.717) is 12.1 Å². The van der Waals surface area contributed by atoms with Gasteiger partial charge in [0.2, 0.25) is 0 Å². The van der Waals surface area contributed by atoms with Crippen molar-refractivity contribution in [2.75, 3.05) is 0 Å². The highest BCUT2D eigenvalue weighted by molar-refractivity contribution is 5.67. The maximum Gasteiger partial charge on any atom is 0.0564 e. The van der Waals surface area contributed by atoms with Crippen molar-refractivity contribution in [3.05, 3.63) is 59.9 Å². The lowest BCUT2D eigenvalue weighted by Crippen LogP contribution is -2.37. The van der Waals surface area contributed by atoms with Gasteiger partial charge in [-0.1, -0.05) is 36.4 Å². The number of aromatic nitrogens is 2. The summed E-state index contributed by atoms with van der Waals surface area (Å²) in [4.78, 5) is 2.68. The van der Waals surface area contributed by atoms with Gasteiger partial charge in [-0.15, -0.1) is 0 Å². The first-order valence-electron chi connectivity index (χ1n) is 7.79. The molecule has 2 aromatic rings. The highest BCUT2D eigenvalue weighted by Gasteiger charge is 2.36. The summed E-state index contributed by atoms with van der Waals surface area (Å²) >= 11 is 0. The molecule has 4 rings (SSSR count). The fourth-order valence-electron chi connectivity index (χ4n) is 3.76. The first-order valence-corrected chi connectivity index (χ1v) is 7.79. The minimum atomic E-state index is 0.596. The zero-order valence-corrected chi connectivity index (χ0v) is 12.4. The van der Waals surface area contributed by atoms with E-state index in [4.69, 9.17) is 0 Å². The molecule has 0 amide bonds. The second-order valence-corrected chi connectivity index (χ2v) is 6.26. The van der Waals surface area contributed by atoms with Crippen LogP contribution in [0.3, 0.4) is 0 Å². The normalized spacial score (nSPS) is 25.1. The Morgan fingerprint density at radius 3 is 2.76 bits per heavy atom. The fourth-order valence-corrected chi connectivity index (χ4v) is 3.76. The summed E-state index contributed by atoms with van der Waals surface area (Å²) in [6, 6.07) is 12.1. The summed E-state index contributed by atoms with van der Waals surface area (Å²) < 4.78 is 1.90. The molecule has 0 N–H and O–H groups in total. The first kappa shape index (κ1) is 12.8. The van der Waals surface area contributed by atoms with Gasteiger partial charge in [-0.25, -0.2) is 0 Å². The third-order valence-electron chi connectivity index (χ3n) is 4.82. The smallest absolute Gasteiger partial charge is 0.0564 e. The van der Waals surface area contributed by atoms with Crippen LogP contribution < -0.4 is 0 Å². The van der Waals surface area contributed by atoms with Crippen molar-refractivity contribution >= 4 is 5.57 Å². The van der Waals surface area contributed by atoms with Crippen LogP contribution in [0.15, 0.2) is 48.8 Å². The number of benzene rings is 1. The van der Waals surface area contributed by atoms with Gasteiger partial charge in [-0.2, -0.15) is 5.10 Å². The molecule has 2 atom stereocenters. The van der Waals surface area contributed by atoms with E-state index in [1.54, 1.807) is 0 Å². The quantitative estimate of drug-likeness (QED) is 0.860. The average Bonchev–Trinajstić information content (AvgIpc) is 3.01. The predicted molar refractivity (Wildman–Crippen MR) is 84.6 cm³/mol. The van der Waals surface area contributed by atoms with Crippen LogP contribution >= 0.6 is 0 Å². The lowest BCUT2D eigenvalue weighted by Gasteiger charge is -2.33. The van der Waals surface area contributed by atoms with Crippen LogP contribution in [0.4, 0.5) is 0 Å². The molecule has 1 fully saturated rings. The molecule has 3 heteroatoms. The third-order valence-corrected chi connectivity index (χ3v) is 4.82. The summed E-state index contributed by atoms with van der Waals surface area (Å²) in [7, 11) is 1.99. The molecule has 0 aliphatic carbocycles. The van der Waals surface area contributed by atoms with Crippen molar-refractivity contribution in [3.63, 3.8) is 0 Å². The standard InChI is InChI=1S/C18H21N3/c1-20-13-16(11-19-20)15-9-17-7-8-18(10-15)21(17)12-14-5-3-2-4-6-14/h2-6,9,11,13,17-18H,7-8,10,12H2,1H3. The van der Waals surface area contributed by atoms with Crippen LogP contribution in [0.5, 0.6) is 0 Å². The van der Waals surface area contributed by atoms with Crippen LogP contribution in [-0.2, 0) is 13.6 Å². The Morgan fingerprint density at radius 2 is 2.05 bits per heavy atom. The number of rotatable bonds is 3. The molecule has 2 aliphatic heterocycles. The van der Waals surface area contributed by atoms with Gasteiger partial charge in [-0.3, -0.25) is 9.58 Å². The van der Waals surface area contributed by atoms with Crippen molar-refractivity contribution in [1.82, 2.24) is 14.7 Å². The van der Waals surface area contributed by atoms with E-state index >= 15 is 0 Å². The number of nitrogens with zero attached hydrogens (tertiary/aromatic N) is 3. The molecule has 0 radical (unpaired) electrons. The first-order chi connectivity index (χ1) is 10.3. The molecular formula is C18H21N3. The van der Waals surface area contributed by atoms with Crippen LogP contribution in [-0.4, -0.2) is 26.8 Å². The van der Waals surface area contributed by atoms with E-state index < -0.39 is 0 Å². The lowest BCUT2D eigenvalue weighted by atomic mass is 9.96. The van der Waals surface area contributed by atoms with Crippen molar-refractivity contribution in [2.45, 2.75) is 37.9 Å². The summed E-state index contributed by atoms with van der Waals surface area (Å²) in [5.74, 6) is 0. The lowest BCUT2D eigenvalue weighted by molar-refractivity contribution is 0.203. The molecule has 1 aromatic heterocycles. The number of hydrogen-bond acceptors (Lipinski definition) is 2. The number of hydrogen-bond donors (Lipinski definition) is 0. The maximum atomic E-state index is 4.31. The van der Waals surface area contributed by atoms with Gasteiger partial charge < -0.3 is 0 Å². The van der Waals surface area contributed by atoms with Gasteiger partial charge in [-0.05, 0) is 30.4 Å². The van der Waals surface area contributed by atoms with Crippen molar-refractivity contribution in [3.8, 4) is 0 Å². The largest absolute Gasteiger partial charge is 0.289 e. The minimum absolute atomic E-state index is 0.596. The number of fused-ring (bicyclic) bond motifs is 2. The molecule has 3 nitrogen and oxygen atoms in total. The summed E-state index contributed by atoms with van der Waals surface area (Å²) in [6.45, 7) is 1.08. The Morgan fingerprint density at radius 1 is 1.19 bits per heavy atom. The summed E-state index contributed by atoms with van der Waals surface area (Å²) in [6.07, 6.45) is 10.4. The SMILES string of the molecule is Cn1cc(C2=CC3CCC(C2)N3Cc2ccccc2)cn1. The third kappa shape index (κ3) is 2.42. The van der Waals surface area contributed by atoms with Crippen LogP contribution in [0.2, 0.25) is 0 Å². The molecular weight excluding hydrogens is 258 g/mol. The zero-order valence-electron chi connectivity index (χ0n) is 12.4. The molecule has 108 valence electrons. The van der Waals surface area contributed by atoms with Crippen LogP contribution in [0, 0.1) is 0 Å². The molecule has 3 heterocycles. The van der Waals surface area contributed by atoms with Crippen LogP contribution in [0.25, 0.3) is 5.57 Å². The van der Waals surface area contributed by atoms with Crippen molar-refractivity contribution in [1.29, 1.82) is 0 Å². The van der Waals surface area contributed by atoms with Gasteiger partial charge in [0.25, 0.3) is 0 Å². The van der Waals surface area contributed by atoms with Gasteiger partial charge in [0.1, 0.15) is 0 Å². The molecule has 2 aliphatic rings. The minimum Gasteiger partial charge on any atom is -0.289 e. The molecule has 0 saturated carbocycles. The Bertz CT molecular complexity index is 656. The van der Waals surface area contributed by atoms with E-state index in [1.807, 2.05) is 17.9 Å². The Labute approximate surface area is 125 Å². The van der Waals surface area contributed by atoms with Gasteiger partial charge in [0, 0.05) is 37.4 Å². The Balaban J connectivity index is 1.56. The maximum absolute atomic E-state index is 4.31. The van der Waals surface area contributed by atoms with E-state index in [1.165, 1.54) is 29.5 Å². The van der Waals surface area contributed by atoms with Gasteiger partial charge in [0.15, 0.2) is 0 Å². The molecule has 0 spiro atoms.